The number of hydrogen-bond acceptors (Lipinski definition) is 12. The number of pyridine rings is 2. The second kappa shape index (κ2) is 23.4. The molecule has 26 heteroatoms. The summed E-state index contributed by atoms with van der Waals surface area (Å²) in [4.78, 5) is 65.3. The van der Waals surface area contributed by atoms with Gasteiger partial charge in [-0.25, -0.2) is 32.8 Å². The van der Waals surface area contributed by atoms with Crippen LogP contribution in [0.15, 0.2) is 73.1 Å². The molecule has 0 aliphatic carbocycles. The average Bonchev–Trinajstić information content (AvgIpc) is 3.48. The zero-order valence-electron chi connectivity index (χ0n) is 42.6. The van der Waals surface area contributed by atoms with Gasteiger partial charge >= 0.3 is 24.5 Å². The summed E-state index contributed by atoms with van der Waals surface area (Å²) in [6, 6.07) is 7.44. The molecule has 6 heterocycles. The SMILES string of the molecule is COC(=O)NC(C(=O)NN(Cc1c(F)cc(-c2cc(F)ccn2)cc1F)CC(O)C(Cc1ccc(C#Cc2ccc(N3CC4CC(C3)N4C3COC3)nc2)cc1)NC(=O)C(NC(=O)O)C(C)(C)C(F)(F)F)C(C)(C)C(F)(F)F. The first-order chi connectivity index (χ1) is 36.6. The van der Waals surface area contributed by atoms with E-state index >= 15 is 8.78 Å². The first-order valence-corrected chi connectivity index (χ1v) is 24.3. The maximum atomic E-state index is 16.0. The molecule has 2 bridgehead atoms. The van der Waals surface area contributed by atoms with E-state index in [1.807, 2.05) is 17.6 Å². The Kier molecular flexibility index (Phi) is 17.5. The molecule has 4 aromatic rings. The summed E-state index contributed by atoms with van der Waals surface area (Å²) in [5, 5.41) is 27.6. The molecule has 4 aliphatic rings. The maximum Gasteiger partial charge on any atom is 0.407 e. The molecule has 2 aromatic heterocycles. The normalized spacial score (nSPS) is 18.5. The summed E-state index contributed by atoms with van der Waals surface area (Å²) >= 11 is 0. The number of anilines is 1. The van der Waals surface area contributed by atoms with Crippen LogP contribution in [0.4, 0.5) is 54.9 Å². The quantitative estimate of drug-likeness (QED) is 0.0380. The maximum absolute atomic E-state index is 16.0. The van der Waals surface area contributed by atoms with Gasteiger partial charge in [0.15, 0.2) is 0 Å². The number of piperidine rings is 1. The minimum absolute atomic E-state index is 0.215. The monoisotopic (exact) mass is 1110 g/mol. The molecule has 8 rings (SSSR count). The zero-order valence-corrected chi connectivity index (χ0v) is 42.6. The number of amides is 4. The van der Waals surface area contributed by atoms with Crippen LogP contribution in [-0.4, -0.2) is 149 Å². The molecule has 4 amide bonds. The molecule has 6 N–H and O–H groups in total. The molecule has 4 aliphatic heterocycles. The lowest BCUT2D eigenvalue weighted by atomic mass is 9.82. The number of benzene rings is 2. The molecule has 0 saturated carbocycles. The van der Waals surface area contributed by atoms with Crippen LogP contribution in [0, 0.1) is 40.1 Å². The minimum atomic E-state index is -5.22. The van der Waals surface area contributed by atoms with Crippen LogP contribution >= 0.6 is 0 Å². The van der Waals surface area contributed by atoms with E-state index in [1.54, 1.807) is 16.8 Å². The number of hydrogen-bond donors (Lipinski definition) is 6. The first kappa shape index (κ1) is 58.5. The molecule has 78 heavy (non-hydrogen) atoms. The Hall–Kier alpha value is -7.21. The van der Waals surface area contributed by atoms with E-state index in [0.29, 0.717) is 62.0 Å². The Balaban J connectivity index is 1.17. The number of rotatable bonds is 18. The van der Waals surface area contributed by atoms with Crippen molar-refractivity contribution in [3.05, 3.63) is 113 Å². The average molecular weight is 1110 g/mol. The number of nitrogens with one attached hydrogen (secondary N) is 4. The number of nitrogens with zero attached hydrogens (tertiary/aromatic N) is 5. The van der Waals surface area contributed by atoms with Crippen LogP contribution in [0.25, 0.3) is 11.3 Å². The number of alkyl carbamates (subject to hydrolysis) is 1. The molecule has 420 valence electrons. The fraction of sp³-hybridized carbons (Fsp3) is 0.462. The predicted octanol–water partition coefficient (Wildman–Crippen LogP) is 6.08. The van der Waals surface area contributed by atoms with E-state index in [9.17, 15) is 60.1 Å². The third kappa shape index (κ3) is 13.4. The number of carbonyl (C=O) groups excluding carboxylic acids is 3. The Labute approximate surface area is 441 Å². The fourth-order valence-electron chi connectivity index (χ4n) is 9.29. The molecule has 4 saturated heterocycles. The predicted molar refractivity (Wildman–Crippen MR) is 261 cm³/mol. The van der Waals surface area contributed by atoms with Crippen LogP contribution in [-0.2, 0) is 32.0 Å². The number of carbonyl (C=O) groups is 4. The Morgan fingerprint density at radius 2 is 1.38 bits per heavy atom. The molecular weight excluding hydrogens is 1050 g/mol. The van der Waals surface area contributed by atoms with Crippen LogP contribution in [0.2, 0.25) is 0 Å². The second-order valence-corrected chi connectivity index (χ2v) is 20.4. The summed E-state index contributed by atoms with van der Waals surface area (Å²) < 4.78 is 143. The molecule has 4 fully saturated rings. The molecule has 0 spiro atoms. The van der Waals surface area contributed by atoms with E-state index in [4.69, 9.17) is 4.74 Å². The van der Waals surface area contributed by atoms with Crippen LogP contribution in [0.1, 0.15) is 56.4 Å². The summed E-state index contributed by atoms with van der Waals surface area (Å²) in [6.07, 6.45) is -12.8. The number of aliphatic hydroxyl groups excluding tert-OH is 1. The van der Waals surface area contributed by atoms with E-state index in [0.717, 1.165) is 76.1 Å². The largest absolute Gasteiger partial charge is 0.465 e. The zero-order chi connectivity index (χ0) is 57.1. The van der Waals surface area contributed by atoms with E-state index in [-0.39, 0.29) is 16.8 Å². The number of halogens is 9. The highest BCUT2D eigenvalue weighted by molar-refractivity contribution is 5.87. The highest BCUT2D eigenvalue weighted by Gasteiger charge is 2.57. The van der Waals surface area contributed by atoms with Crippen molar-refractivity contribution in [2.45, 2.75) is 102 Å². The van der Waals surface area contributed by atoms with Crippen molar-refractivity contribution < 1.29 is 78.4 Å². The number of aromatic nitrogens is 2. The van der Waals surface area contributed by atoms with Gasteiger partial charge < -0.3 is 40.5 Å². The van der Waals surface area contributed by atoms with Gasteiger partial charge in [-0.1, -0.05) is 24.0 Å². The number of alkyl halides is 6. The second-order valence-electron chi connectivity index (χ2n) is 20.4. The summed E-state index contributed by atoms with van der Waals surface area (Å²) in [5.41, 5.74) is -4.25. The smallest absolute Gasteiger partial charge is 0.407 e. The molecule has 6 unspecified atom stereocenters. The number of ether oxygens (including phenoxy) is 2. The number of hydrazine groups is 1. The molecule has 6 atom stereocenters. The lowest BCUT2D eigenvalue weighted by molar-refractivity contribution is -0.221. The number of methoxy groups -OCH3 is 1. The van der Waals surface area contributed by atoms with Gasteiger partial charge in [0.1, 0.15) is 35.4 Å². The van der Waals surface area contributed by atoms with Gasteiger partial charge in [-0.3, -0.25) is 24.9 Å². The van der Waals surface area contributed by atoms with Gasteiger partial charge in [0.05, 0.1) is 55.0 Å². The number of fused-ring (bicyclic) bond motifs is 2. The molecule has 0 radical (unpaired) electrons. The summed E-state index contributed by atoms with van der Waals surface area (Å²) in [7, 11) is 0.790. The van der Waals surface area contributed by atoms with Gasteiger partial charge in [-0.2, -0.15) is 26.3 Å². The van der Waals surface area contributed by atoms with Gasteiger partial charge in [0.2, 0.25) is 5.91 Å². The van der Waals surface area contributed by atoms with Crippen molar-refractivity contribution in [1.82, 2.24) is 41.3 Å². The van der Waals surface area contributed by atoms with Crippen molar-refractivity contribution in [2.75, 3.05) is 44.9 Å². The van der Waals surface area contributed by atoms with Gasteiger partial charge in [0, 0.05) is 79.0 Å². The van der Waals surface area contributed by atoms with Gasteiger partial charge in [-0.15, -0.1) is 0 Å². The molecular formula is C52H56F9N9O8. The van der Waals surface area contributed by atoms with Crippen LogP contribution in [0.5, 0.6) is 0 Å². The van der Waals surface area contributed by atoms with E-state index in [1.165, 1.54) is 24.3 Å². The third-order valence-corrected chi connectivity index (χ3v) is 14.2. The number of aliphatic hydroxyl groups is 1. The highest BCUT2D eigenvalue weighted by atomic mass is 19.4. The van der Waals surface area contributed by atoms with Crippen molar-refractivity contribution in [1.29, 1.82) is 0 Å². The Morgan fingerprint density at radius 1 is 0.795 bits per heavy atom. The van der Waals surface area contributed by atoms with Crippen molar-refractivity contribution in [3.8, 4) is 23.1 Å². The Morgan fingerprint density at radius 3 is 1.91 bits per heavy atom. The third-order valence-electron chi connectivity index (χ3n) is 14.2. The van der Waals surface area contributed by atoms with Gasteiger partial charge in [-0.05, 0) is 88.6 Å². The highest BCUT2D eigenvalue weighted by Crippen LogP contribution is 2.42. The van der Waals surface area contributed by atoms with Gasteiger partial charge in [0.25, 0.3) is 5.91 Å². The summed E-state index contributed by atoms with van der Waals surface area (Å²) in [6.45, 7) is 3.11. The standard InChI is InChI=1S/C52H56F9N9O8/c1-49(2,51(56,57)58)43(65-47(74)75)45(72)64-40(16-29-9-6-28(7-10-29)8-11-30-12-13-42(63-21-30)68-22-33-20-34(23-68)70(33)35-26-78-27-35)41(71)25-69(67-46(73)44(66-48(76)77-5)50(3,4)52(59,60)61)24-36-37(54)17-31(18-38(36)55)39-19-32(53)14-15-62-39/h6-7,9-10,12-15,17-19,21,33-35,40-41,43-44,65,71H,16,20,22-27H2,1-5H3,(H,64,72)(H,66,76)(H,67,73)(H,74,75). The van der Waals surface area contributed by atoms with E-state index < -0.39 is 114 Å². The fourth-order valence-corrected chi connectivity index (χ4v) is 9.29. The minimum Gasteiger partial charge on any atom is -0.465 e. The summed E-state index contributed by atoms with van der Waals surface area (Å²) in [5.74, 6) is -0.0195. The lowest BCUT2D eigenvalue weighted by Gasteiger charge is -2.60. The topological polar surface area (TPSA) is 211 Å². The van der Waals surface area contributed by atoms with Crippen LogP contribution in [0.3, 0.4) is 0 Å². The number of carboxylic acid groups (broad SMARTS) is 1. The van der Waals surface area contributed by atoms with E-state index in [2.05, 4.69) is 41.7 Å². The molecule has 2 aromatic carbocycles. The van der Waals surface area contributed by atoms with Crippen molar-refractivity contribution >= 4 is 29.8 Å². The van der Waals surface area contributed by atoms with Crippen molar-refractivity contribution in [3.63, 3.8) is 0 Å². The van der Waals surface area contributed by atoms with Crippen LogP contribution < -0.4 is 26.3 Å². The Bertz CT molecular complexity index is 2860. The first-order valence-electron chi connectivity index (χ1n) is 24.3. The van der Waals surface area contributed by atoms with Crippen molar-refractivity contribution in [2.24, 2.45) is 10.8 Å². The lowest BCUT2D eigenvalue weighted by Crippen LogP contribution is -2.74. The number of piperazine rings is 1. The molecule has 17 nitrogen and oxygen atoms in total.